The van der Waals surface area contributed by atoms with E-state index < -0.39 is 0 Å². The molecule has 3 aromatic rings. The molecule has 174 valence electrons. The topological polar surface area (TPSA) is 44.8 Å². The molecule has 0 radical (unpaired) electrons. The Kier molecular flexibility index (Phi) is 5.50. The van der Waals surface area contributed by atoms with Crippen LogP contribution in [0.5, 0.6) is 5.75 Å². The first-order chi connectivity index (χ1) is 16.7. The van der Waals surface area contributed by atoms with Gasteiger partial charge in [0, 0.05) is 44.0 Å². The van der Waals surface area contributed by atoms with Gasteiger partial charge in [0.2, 0.25) is 0 Å². The number of fused-ring (bicyclic) bond motifs is 2. The molecule has 5 heteroatoms. The SMILES string of the molecule is O=C1NC2(CC2)c2ccc(OCCCN3CCN(c4cccc(-c5ccccc5)c4)CC3)cc21. The summed E-state index contributed by atoms with van der Waals surface area (Å²) in [7, 11) is 0. The summed E-state index contributed by atoms with van der Waals surface area (Å²) in [5, 5.41) is 3.13. The number of ether oxygens (including phenoxy) is 1. The predicted octanol–water partition coefficient (Wildman–Crippen LogP) is 4.68. The van der Waals surface area contributed by atoms with Crippen LogP contribution in [0.15, 0.2) is 72.8 Å². The number of nitrogens with zero attached hydrogens (tertiary/aromatic N) is 2. The highest BCUT2D eigenvalue weighted by Crippen LogP contribution is 2.50. The molecule has 3 aromatic carbocycles. The van der Waals surface area contributed by atoms with Gasteiger partial charge in [0.1, 0.15) is 5.75 Å². The van der Waals surface area contributed by atoms with Crippen molar-refractivity contribution in [1.82, 2.24) is 10.2 Å². The third kappa shape index (κ3) is 4.16. The van der Waals surface area contributed by atoms with Gasteiger partial charge in [0.15, 0.2) is 0 Å². The highest BCUT2D eigenvalue weighted by atomic mass is 16.5. The quantitative estimate of drug-likeness (QED) is 0.528. The zero-order chi connectivity index (χ0) is 23.0. The Balaban J connectivity index is 0.970. The van der Waals surface area contributed by atoms with E-state index in [4.69, 9.17) is 4.74 Å². The van der Waals surface area contributed by atoms with Gasteiger partial charge in [-0.2, -0.15) is 0 Å². The molecule has 34 heavy (non-hydrogen) atoms. The number of hydrogen-bond acceptors (Lipinski definition) is 4. The molecule has 6 rings (SSSR count). The molecule has 0 bridgehead atoms. The summed E-state index contributed by atoms with van der Waals surface area (Å²) in [5.41, 5.74) is 5.72. The summed E-state index contributed by atoms with van der Waals surface area (Å²) in [4.78, 5) is 17.3. The maximum atomic E-state index is 12.3. The third-order valence-electron chi connectivity index (χ3n) is 7.43. The molecule has 1 N–H and O–H groups in total. The minimum absolute atomic E-state index is 0.0464. The van der Waals surface area contributed by atoms with Crippen LogP contribution in [-0.2, 0) is 5.54 Å². The van der Waals surface area contributed by atoms with Crippen molar-refractivity contribution in [3.8, 4) is 16.9 Å². The second-order valence-corrected chi connectivity index (χ2v) is 9.69. The predicted molar refractivity (Wildman–Crippen MR) is 135 cm³/mol. The van der Waals surface area contributed by atoms with Crippen molar-refractivity contribution in [1.29, 1.82) is 0 Å². The van der Waals surface area contributed by atoms with Crippen LogP contribution in [-0.4, -0.2) is 50.1 Å². The van der Waals surface area contributed by atoms with E-state index in [9.17, 15) is 4.79 Å². The Morgan fingerprint density at radius 3 is 2.44 bits per heavy atom. The third-order valence-corrected chi connectivity index (χ3v) is 7.43. The average Bonchev–Trinajstić information content (AvgIpc) is 3.62. The molecule has 5 nitrogen and oxygen atoms in total. The van der Waals surface area contributed by atoms with Crippen LogP contribution in [0, 0.1) is 0 Å². The second-order valence-electron chi connectivity index (χ2n) is 9.69. The van der Waals surface area contributed by atoms with E-state index in [2.05, 4.69) is 75.8 Å². The summed E-state index contributed by atoms with van der Waals surface area (Å²) in [6.45, 7) is 5.92. The highest BCUT2D eigenvalue weighted by Gasteiger charge is 2.52. The fourth-order valence-corrected chi connectivity index (χ4v) is 5.31. The minimum Gasteiger partial charge on any atom is -0.494 e. The highest BCUT2D eigenvalue weighted by molar-refractivity contribution is 6.01. The number of benzene rings is 3. The summed E-state index contributed by atoms with van der Waals surface area (Å²) in [6.07, 6.45) is 3.09. The molecule has 0 aromatic heterocycles. The van der Waals surface area contributed by atoms with Gasteiger partial charge >= 0.3 is 0 Å². The van der Waals surface area contributed by atoms with Gasteiger partial charge in [-0.15, -0.1) is 0 Å². The van der Waals surface area contributed by atoms with Crippen molar-refractivity contribution in [3.63, 3.8) is 0 Å². The van der Waals surface area contributed by atoms with Crippen LogP contribution in [0.2, 0.25) is 0 Å². The molecule has 2 fully saturated rings. The normalized spacial score (nSPS) is 18.6. The Bertz CT molecular complexity index is 1180. The largest absolute Gasteiger partial charge is 0.494 e. The van der Waals surface area contributed by atoms with Crippen molar-refractivity contribution in [2.75, 3.05) is 44.2 Å². The van der Waals surface area contributed by atoms with Crippen LogP contribution in [0.3, 0.4) is 0 Å². The van der Waals surface area contributed by atoms with Gasteiger partial charge in [-0.3, -0.25) is 9.69 Å². The zero-order valence-electron chi connectivity index (χ0n) is 19.5. The van der Waals surface area contributed by atoms with E-state index in [0.717, 1.165) is 68.9 Å². The Morgan fingerprint density at radius 1 is 0.853 bits per heavy atom. The lowest BCUT2D eigenvalue weighted by Gasteiger charge is -2.36. The lowest BCUT2D eigenvalue weighted by Crippen LogP contribution is -2.46. The second kappa shape index (κ2) is 8.80. The van der Waals surface area contributed by atoms with Crippen LogP contribution >= 0.6 is 0 Å². The van der Waals surface area contributed by atoms with Gasteiger partial charge in [0.05, 0.1) is 12.1 Å². The van der Waals surface area contributed by atoms with Gasteiger partial charge < -0.3 is 15.0 Å². The molecular formula is C29H31N3O2. The number of carbonyl (C=O) groups is 1. The molecule has 1 aliphatic carbocycles. The lowest BCUT2D eigenvalue weighted by molar-refractivity contribution is 0.0952. The van der Waals surface area contributed by atoms with Crippen molar-refractivity contribution < 1.29 is 9.53 Å². The number of carbonyl (C=O) groups excluding carboxylic acids is 1. The van der Waals surface area contributed by atoms with Crippen LogP contribution in [0.25, 0.3) is 11.1 Å². The van der Waals surface area contributed by atoms with Crippen molar-refractivity contribution in [3.05, 3.63) is 83.9 Å². The number of rotatable bonds is 7. The van der Waals surface area contributed by atoms with Gasteiger partial charge in [-0.05, 0) is 60.2 Å². The van der Waals surface area contributed by atoms with Crippen LogP contribution < -0.4 is 15.0 Å². The number of nitrogens with one attached hydrogen (secondary N) is 1. The summed E-state index contributed by atoms with van der Waals surface area (Å²) in [5.74, 6) is 0.847. The number of hydrogen-bond donors (Lipinski definition) is 1. The van der Waals surface area contributed by atoms with Gasteiger partial charge in [-0.1, -0.05) is 48.5 Å². The van der Waals surface area contributed by atoms with Crippen LogP contribution in [0.1, 0.15) is 35.2 Å². The molecule has 0 atom stereocenters. The Hall–Kier alpha value is -3.31. The van der Waals surface area contributed by atoms with Crippen molar-refractivity contribution in [2.45, 2.75) is 24.8 Å². The fraction of sp³-hybridized carbons (Fsp3) is 0.345. The van der Waals surface area contributed by atoms with E-state index in [1.54, 1.807) is 0 Å². The molecular weight excluding hydrogens is 422 g/mol. The van der Waals surface area contributed by atoms with Crippen molar-refractivity contribution >= 4 is 11.6 Å². The first-order valence-electron chi connectivity index (χ1n) is 12.4. The zero-order valence-corrected chi connectivity index (χ0v) is 19.5. The summed E-state index contributed by atoms with van der Waals surface area (Å²) in [6, 6.07) is 25.5. The molecule has 1 saturated heterocycles. The lowest BCUT2D eigenvalue weighted by atomic mass is 10.0. The summed E-state index contributed by atoms with van der Waals surface area (Å²) >= 11 is 0. The number of amides is 1. The summed E-state index contributed by atoms with van der Waals surface area (Å²) < 4.78 is 5.99. The molecule has 2 aliphatic heterocycles. The first-order valence-corrected chi connectivity index (χ1v) is 12.4. The molecule has 1 spiro atoms. The maximum absolute atomic E-state index is 12.3. The molecule has 0 unspecified atom stereocenters. The number of anilines is 1. The molecule has 1 amide bonds. The van der Waals surface area contributed by atoms with E-state index in [1.807, 2.05) is 12.1 Å². The standard InChI is InChI=1S/C29H31N3O2/c33-28-26-21-25(10-11-27(26)29(30-28)12-13-29)34-19-5-14-31-15-17-32(18-16-31)24-9-4-8-23(20-24)22-6-2-1-3-7-22/h1-4,6-11,20-21H,5,12-19H2,(H,30,33). The molecule has 1 saturated carbocycles. The maximum Gasteiger partial charge on any atom is 0.252 e. The van der Waals surface area contributed by atoms with E-state index in [0.29, 0.717) is 6.61 Å². The van der Waals surface area contributed by atoms with E-state index in [1.165, 1.54) is 16.8 Å². The molecule has 3 aliphatic rings. The smallest absolute Gasteiger partial charge is 0.252 e. The fourth-order valence-electron chi connectivity index (χ4n) is 5.31. The van der Waals surface area contributed by atoms with E-state index in [-0.39, 0.29) is 11.4 Å². The first kappa shape index (κ1) is 21.2. The Labute approximate surface area is 201 Å². The van der Waals surface area contributed by atoms with Crippen LogP contribution in [0.4, 0.5) is 5.69 Å². The van der Waals surface area contributed by atoms with E-state index >= 15 is 0 Å². The Morgan fingerprint density at radius 2 is 1.65 bits per heavy atom. The van der Waals surface area contributed by atoms with Gasteiger partial charge in [0.25, 0.3) is 5.91 Å². The average molecular weight is 454 g/mol. The monoisotopic (exact) mass is 453 g/mol. The molecule has 2 heterocycles. The minimum atomic E-state index is -0.0596. The van der Waals surface area contributed by atoms with Crippen molar-refractivity contribution in [2.24, 2.45) is 0 Å². The van der Waals surface area contributed by atoms with Gasteiger partial charge in [-0.25, -0.2) is 0 Å². The number of piperazine rings is 1.